The highest BCUT2D eigenvalue weighted by Gasteiger charge is 2.15. The largest absolute Gasteiger partial charge is 0.367 e. The van der Waals surface area contributed by atoms with Crippen molar-refractivity contribution in [2.24, 2.45) is 0 Å². The lowest BCUT2D eigenvalue weighted by molar-refractivity contribution is -0.121. The van der Waals surface area contributed by atoms with Gasteiger partial charge in [0, 0.05) is 30.8 Å². The maximum Gasteiger partial charge on any atom is 0.239 e. The van der Waals surface area contributed by atoms with Crippen LogP contribution in [0.25, 0.3) is 11.4 Å². The Balaban J connectivity index is 1.52. The molecule has 1 atom stereocenters. The van der Waals surface area contributed by atoms with E-state index >= 15 is 0 Å². The minimum Gasteiger partial charge on any atom is -0.367 e. The average Bonchev–Trinajstić information content (AvgIpc) is 3.23. The molecule has 0 unspecified atom stereocenters. The van der Waals surface area contributed by atoms with Crippen LogP contribution in [0.4, 0.5) is 5.95 Å². The van der Waals surface area contributed by atoms with Crippen LogP contribution in [-0.4, -0.2) is 36.2 Å². The number of nitrogens with two attached hydrogens (primary N) is 1. The lowest BCUT2D eigenvalue weighted by atomic mass is 10.2. The van der Waals surface area contributed by atoms with Crippen LogP contribution in [0.2, 0.25) is 0 Å². The summed E-state index contributed by atoms with van der Waals surface area (Å²) >= 11 is 0. The van der Waals surface area contributed by atoms with Gasteiger partial charge in [-0.3, -0.25) is 14.9 Å². The fourth-order valence-corrected chi connectivity index (χ4v) is 2.05. The molecule has 4 N–H and O–H groups in total. The third-order valence-electron chi connectivity index (χ3n) is 3.26. The van der Waals surface area contributed by atoms with Crippen molar-refractivity contribution >= 4 is 11.9 Å². The first kappa shape index (κ1) is 15.6. The molecule has 10 heteroatoms. The minimum atomic E-state index is -0.323. The second-order valence-electron chi connectivity index (χ2n) is 5.12. The van der Waals surface area contributed by atoms with Crippen LogP contribution in [0, 0.1) is 0 Å². The van der Waals surface area contributed by atoms with E-state index in [1.807, 2.05) is 6.07 Å². The number of aromatic nitrogens is 6. The second kappa shape index (κ2) is 6.86. The number of rotatable bonds is 6. The smallest absolute Gasteiger partial charge is 0.239 e. The summed E-state index contributed by atoms with van der Waals surface area (Å²) in [6.07, 6.45) is 3.86. The number of aromatic amines is 1. The van der Waals surface area contributed by atoms with Gasteiger partial charge in [0.1, 0.15) is 5.82 Å². The monoisotopic (exact) mass is 328 g/mol. The molecule has 3 aromatic heterocycles. The van der Waals surface area contributed by atoms with Crippen molar-refractivity contribution in [2.45, 2.75) is 25.8 Å². The molecule has 1 amide bonds. The highest BCUT2D eigenvalue weighted by Crippen LogP contribution is 2.14. The zero-order valence-corrected chi connectivity index (χ0v) is 12.9. The van der Waals surface area contributed by atoms with E-state index in [4.69, 9.17) is 10.3 Å². The molecule has 0 spiro atoms. The molecule has 3 aromatic rings. The third kappa shape index (κ3) is 3.72. The quantitative estimate of drug-likeness (QED) is 0.597. The highest BCUT2D eigenvalue weighted by atomic mass is 16.5. The van der Waals surface area contributed by atoms with Crippen molar-refractivity contribution in [3.63, 3.8) is 0 Å². The van der Waals surface area contributed by atoms with E-state index in [1.165, 1.54) is 0 Å². The number of carbonyl (C=O) groups is 1. The fraction of sp³-hybridized carbons (Fsp3) is 0.286. The molecule has 0 fully saturated rings. The predicted octanol–water partition coefficient (Wildman–Crippen LogP) is 0.642. The van der Waals surface area contributed by atoms with Crippen molar-refractivity contribution in [3.05, 3.63) is 36.2 Å². The number of carbonyl (C=O) groups excluding carboxylic acids is 1. The van der Waals surface area contributed by atoms with E-state index in [9.17, 15) is 4.79 Å². The summed E-state index contributed by atoms with van der Waals surface area (Å²) < 4.78 is 5.15. The first-order chi connectivity index (χ1) is 11.6. The van der Waals surface area contributed by atoms with Crippen LogP contribution < -0.4 is 11.1 Å². The molecule has 0 aliphatic heterocycles. The molecule has 3 heterocycles. The Labute approximate surface area is 136 Å². The Bertz CT molecular complexity index is 813. The van der Waals surface area contributed by atoms with Gasteiger partial charge in [-0.25, -0.2) is 0 Å². The van der Waals surface area contributed by atoms with Gasteiger partial charge in [-0.05, 0) is 19.1 Å². The summed E-state index contributed by atoms with van der Waals surface area (Å²) in [6, 6.07) is 3.30. The molecular formula is C14H16N8O2. The lowest BCUT2D eigenvalue weighted by Gasteiger charge is -2.09. The molecule has 0 saturated heterocycles. The maximum atomic E-state index is 12.0. The van der Waals surface area contributed by atoms with Gasteiger partial charge in [-0.1, -0.05) is 5.16 Å². The number of amides is 1. The molecule has 0 aromatic carbocycles. The van der Waals surface area contributed by atoms with Gasteiger partial charge in [0.15, 0.2) is 0 Å². The normalized spacial score (nSPS) is 12.0. The Morgan fingerprint density at radius 1 is 1.46 bits per heavy atom. The van der Waals surface area contributed by atoms with E-state index < -0.39 is 0 Å². The number of pyridine rings is 1. The van der Waals surface area contributed by atoms with Gasteiger partial charge in [-0.15, -0.1) is 5.10 Å². The van der Waals surface area contributed by atoms with Gasteiger partial charge >= 0.3 is 0 Å². The van der Waals surface area contributed by atoms with Crippen LogP contribution in [-0.2, 0) is 11.2 Å². The molecule has 0 aliphatic carbocycles. The van der Waals surface area contributed by atoms with Crippen LogP contribution in [0.1, 0.15) is 31.1 Å². The summed E-state index contributed by atoms with van der Waals surface area (Å²) in [5, 5.41) is 13.1. The van der Waals surface area contributed by atoms with Crippen LogP contribution in [0.5, 0.6) is 0 Å². The van der Waals surface area contributed by atoms with Crippen molar-refractivity contribution in [3.8, 4) is 11.4 Å². The average molecular weight is 328 g/mol. The highest BCUT2D eigenvalue weighted by molar-refractivity contribution is 5.76. The second-order valence-corrected chi connectivity index (χ2v) is 5.12. The van der Waals surface area contributed by atoms with E-state index in [-0.39, 0.29) is 24.3 Å². The van der Waals surface area contributed by atoms with Crippen LogP contribution in [0.3, 0.4) is 0 Å². The summed E-state index contributed by atoms with van der Waals surface area (Å²) in [4.78, 5) is 24.2. The van der Waals surface area contributed by atoms with Gasteiger partial charge in [0.2, 0.25) is 23.6 Å². The van der Waals surface area contributed by atoms with E-state index in [0.29, 0.717) is 24.0 Å². The van der Waals surface area contributed by atoms with Crippen molar-refractivity contribution in [1.82, 2.24) is 35.6 Å². The SMILES string of the molecule is C[C@@H](NC(=O)CCc1nc(-c2cccnc2)no1)c1nc(N)n[nH]1. The topological polar surface area (TPSA) is 148 Å². The number of nitrogens with one attached hydrogen (secondary N) is 2. The summed E-state index contributed by atoms with van der Waals surface area (Å²) in [5.74, 6) is 1.31. The standard InChI is InChI=1S/C14H16N8O2/c1-8(12-19-14(15)21-20-12)17-10(23)4-5-11-18-13(22-24-11)9-3-2-6-16-7-9/h2-3,6-8H,4-5H2,1H3,(H,17,23)(H3,15,19,20,21)/t8-/m1/s1. The number of hydrogen-bond acceptors (Lipinski definition) is 8. The maximum absolute atomic E-state index is 12.0. The Hall–Kier alpha value is -3.30. The molecule has 0 radical (unpaired) electrons. The van der Waals surface area contributed by atoms with Crippen LogP contribution in [0.15, 0.2) is 29.0 Å². The Kier molecular flexibility index (Phi) is 4.45. The Morgan fingerprint density at radius 3 is 3.04 bits per heavy atom. The summed E-state index contributed by atoms with van der Waals surface area (Å²) in [7, 11) is 0. The lowest BCUT2D eigenvalue weighted by Crippen LogP contribution is -2.27. The first-order valence-corrected chi connectivity index (χ1v) is 7.32. The summed E-state index contributed by atoms with van der Waals surface area (Å²) in [6.45, 7) is 1.78. The molecule has 0 bridgehead atoms. The van der Waals surface area contributed by atoms with E-state index in [0.717, 1.165) is 5.56 Å². The molecular weight excluding hydrogens is 312 g/mol. The minimum absolute atomic E-state index is 0.139. The number of nitrogens with zero attached hydrogens (tertiary/aromatic N) is 5. The van der Waals surface area contributed by atoms with Crippen molar-refractivity contribution < 1.29 is 9.32 Å². The molecule has 0 aliphatic rings. The molecule has 10 nitrogen and oxygen atoms in total. The van der Waals surface area contributed by atoms with Gasteiger partial charge in [0.25, 0.3) is 0 Å². The number of H-pyrrole nitrogens is 1. The zero-order chi connectivity index (χ0) is 16.9. The van der Waals surface area contributed by atoms with Gasteiger partial charge in [-0.2, -0.15) is 9.97 Å². The van der Waals surface area contributed by atoms with Crippen molar-refractivity contribution in [2.75, 3.05) is 5.73 Å². The third-order valence-corrected chi connectivity index (χ3v) is 3.26. The number of nitrogen functional groups attached to an aromatic ring is 1. The van der Waals surface area contributed by atoms with Gasteiger partial charge in [0.05, 0.1) is 6.04 Å². The first-order valence-electron chi connectivity index (χ1n) is 7.32. The number of anilines is 1. The van der Waals surface area contributed by atoms with Crippen molar-refractivity contribution in [1.29, 1.82) is 0 Å². The predicted molar refractivity (Wildman–Crippen MR) is 83.2 cm³/mol. The summed E-state index contributed by atoms with van der Waals surface area (Å²) in [5.41, 5.74) is 6.19. The molecule has 124 valence electrons. The zero-order valence-electron chi connectivity index (χ0n) is 12.9. The molecule has 0 saturated carbocycles. The molecule has 3 rings (SSSR count). The number of aryl methyl sites for hydroxylation is 1. The Morgan fingerprint density at radius 2 is 2.33 bits per heavy atom. The fourth-order valence-electron chi connectivity index (χ4n) is 2.05. The van der Waals surface area contributed by atoms with E-state index in [2.05, 4.69) is 35.6 Å². The van der Waals surface area contributed by atoms with Gasteiger partial charge < -0.3 is 15.6 Å². The molecule has 24 heavy (non-hydrogen) atoms. The number of hydrogen-bond donors (Lipinski definition) is 3. The van der Waals surface area contributed by atoms with E-state index in [1.54, 1.807) is 25.4 Å². The van der Waals surface area contributed by atoms with Crippen LogP contribution >= 0.6 is 0 Å².